The summed E-state index contributed by atoms with van der Waals surface area (Å²) in [6.45, 7) is 5.24. The lowest BCUT2D eigenvalue weighted by atomic mass is 10.1. The van der Waals surface area contributed by atoms with Crippen LogP contribution in [-0.2, 0) is 9.53 Å². The van der Waals surface area contributed by atoms with E-state index in [4.69, 9.17) is 4.74 Å². The molecular weight excluding hydrogens is 248 g/mol. The first-order valence-corrected chi connectivity index (χ1v) is 6.36. The third-order valence-corrected chi connectivity index (χ3v) is 2.71. The molecule has 0 unspecified atom stereocenters. The molecule has 0 saturated carbocycles. The molecule has 2 aromatic rings. The quantitative estimate of drug-likeness (QED) is 0.356. The summed E-state index contributed by atoms with van der Waals surface area (Å²) in [7, 11) is 0. The van der Waals surface area contributed by atoms with Gasteiger partial charge in [-0.05, 0) is 18.6 Å². The molecule has 2 nitrogen and oxygen atoms in total. The minimum absolute atomic E-state index is 0.375. The van der Waals surface area contributed by atoms with Crippen molar-refractivity contribution >= 4 is 17.8 Å². The highest BCUT2D eigenvalue weighted by atomic mass is 16.5. The van der Waals surface area contributed by atoms with Gasteiger partial charge in [-0.25, -0.2) is 4.79 Å². The molecule has 2 heteroatoms. The second-order valence-corrected chi connectivity index (χ2v) is 4.46. The predicted molar refractivity (Wildman–Crippen MR) is 81.7 cm³/mol. The zero-order valence-corrected chi connectivity index (χ0v) is 11.4. The summed E-state index contributed by atoms with van der Waals surface area (Å²) >= 11 is 0. The minimum Gasteiger partial charge on any atom is -0.423 e. The van der Waals surface area contributed by atoms with Crippen LogP contribution in [0, 0.1) is 0 Å². The van der Waals surface area contributed by atoms with E-state index in [9.17, 15) is 4.79 Å². The summed E-state index contributed by atoms with van der Waals surface area (Å²) in [5.41, 5.74) is 2.20. The molecule has 0 radical (unpaired) electrons. The van der Waals surface area contributed by atoms with Crippen LogP contribution in [0.25, 0.3) is 11.8 Å². The molecular formula is C18H16O2. The first kappa shape index (κ1) is 13.8. The van der Waals surface area contributed by atoms with E-state index < -0.39 is 5.97 Å². The number of rotatable bonds is 4. The van der Waals surface area contributed by atoms with Crippen LogP contribution in [0.5, 0.6) is 0 Å². The number of esters is 1. The summed E-state index contributed by atoms with van der Waals surface area (Å²) in [5, 5.41) is 0. The predicted octanol–water partition coefficient (Wildman–Crippen LogP) is 4.30. The topological polar surface area (TPSA) is 26.3 Å². The van der Waals surface area contributed by atoms with Crippen LogP contribution in [-0.4, -0.2) is 5.97 Å². The lowest BCUT2D eigenvalue weighted by Crippen LogP contribution is -2.04. The van der Waals surface area contributed by atoms with Gasteiger partial charge in [0, 0.05) is 11.1 Å². The van der Waals surface area contributed by atoms with Crippen LogP contribution in [0.4, 0.5) is 0 Å². The van der Waals surface area contributed by atoms with Crippen LogP contribution in [0.3, 0.4) is 0 Å². The Kier molecular flexibility index (Phi) is 4.51. The van der Waals surface area contributed by atoms with E-state index in [1.54, 1.807) is 6.92 Å². The van der Waals surface area contributed by atoms with Crippen molar-refractivity contribution in [3.8, 4) is 0 Å². The van der Waals surface area contributed by atoms with Gasteiger partial charge in [-0.15, -0.1) is 0 Å². The number of carbonyl (C=O) groups is 1. The van der Waals surface area contributed by atoms with E-state index in [0.29, 0.717) is 11.3 Å². The van der Waals surface area contributed by atoms with E-state index in [1.165, 1.54) is 0 Å². The van der Waals surface area contributed by atoms with Crippen molar-refractivity contribution in [2.45, 2.75) is 6.92 Å². The maximum atomic E-state index is 11.8. The van der Waals surface area contributed by atoms with Gasteiger partial charge in [0.25, 0.3) is 0 Å². The van der Waals surface area contributed by atoms with Gasteiger partial charge in [0.05, 0.1) is 0 Å². The highest BCUT2D eigenvalue weighted by Gasteiger charge is 2.10. The summed E-state index contributed by atoms with van der Waals surface area (Å²) < 4.78 is 5.42. The van der Waals surface area contributed by atoms with Gasteiger partial charge in [0.2, 0.25) is 0 Å². The number of hydrogen-bond donors (Lipinski definition) is 0. The monoisotopic (exact) mass is 264 g/mol. The number of benzene rings is 2. The zero-order valence-electron chi connectivity index (χ0n) is 11.4. The van der Waals surface area contributed by atoms with Crippen LogP contribution in [0.15, 0.2) is 72.8 Å². The molecule has 0 aliphatic heterocycles. The molecule has 0 heterocycles. The summed E-state index contributed by atoms with van der Waals surface area (Å²) in [5.74, 6) is 0.0980. The Morgan fingerprint density at radius 2 is 1.55 bits per heavy atom. The molecule has 0 atom stereocenters. The second kappa shape index (κ2) is 6.53. The molecule has 2 aromatic carbocycles. The van der Waals surface area contributed by atoms with Crippen molar-refractivity contribution < 1.29 is 9.53 Å². The van der Waals surface area contributed by atoms with E-state index in [-0.39, 0.29) is 0 Å². The molecule has 0 N–H and O–H groups in total. The minimum atomic E-state index is -0.420. The van der Waals surface area contributed by atoms with E-state index in [1.807, 2.05) is 66.7 Å². The lowest BCUT2D eigenvalue weighted by molar-refractivity contribution is -0.132. The Hall–Kier alpha value is -2.61. The standard InChI is InChI=1S/C18H16O2/c1-14(2)18(19)20-17(16-11-7-4-8-12-16)13-15-9-5-3-6-10-15/h3-13H,1H2,2H3. The van der Waals surface area contributed by atoms with Gasteiger partial charge in [-0.1, -0.05) is 67.2 Å². The van der Waals surface area contributed by atoms with Gasteiger partial charge < -0.3 is 4.74 Å². The Morgan fingerprint density at radius 1 is 1.00 bits per heavy atom. The summed E-state index contributed by atoms with van der Waals surface area (Å²) in [6.07, 6.45) is 1.84. The molecule has 20 heavy (non-hydrogen) atoms. The highest BCUT2D eigenvalue weighted by molar-refractivity contribution is 5.93. The molecule has 0 saturated heterocycles. The highest BCUT2D eigenvalue weighted by Crippen LogP contribution is 2.20. The van der Waals surface area contributed by atoms with Gasteiger partial charge in [-0.3, -0.25) is 0 Å². The van der Waals surface area contributed by atoms with Crippen LogP contribution >= 0.6 is 0 Å². The maximum Gasteiger partial charge on any atom is 0.338 e. The summed E-state index contributed by atoms with van der Waals surface area (Å²) in [6, 6.07) is 19.3. The molecule has 0 bridgehead atoms. The third kappa shape index (κ3) is 3.69. The fourth-order valence-corrected chi connectivity index (χ4v) is 1.66. The van der Waals surface area contributed by atoms with Gasteiger partial charge in [0.15, 0.2) is 0 Å². The van der Waals surface area contributed by atoms with Crippen molar-refractivity contribution in [2.24, 2.45) is 0 Å². The first-order valence-electron chi connectivity index (χ1n) is 6.36. The average Bonchev–Trinajstić information content (AvgIpc) is 2.48. The van der Waals surface area contributed by atoms with Crippen molar-refractivity contribution in [3.63, 3.8) is 0 Å². The van der Waals surface area contributed by atoms with Gasteiger partial charge >= 0.3 is 5.97 Å². The Labute approximate surface area is 119 Å². The first-order chi connectivity index (χ1) is 9.66. The van der Waals surface area contributed by atoms with Crippen molar-refractivity contribution in [3.05, 3.63) is 83.9 Å². The van der Waals surface area contributed by atoms with Crippen molar-refractivity contribution in [1.29, 1.82) is 0 Å². The molecule has 0 aliphatic carbocycles. The smallest absolute Gasteiger partial charge is 0.338 e. The van der Waals surface area contributed by atoms with Gasteiger partial charge in [-0.2, -0.15) is 0 Å². The SMILES string of the molecule is C=C(C)C(=O)OC(=Cc1ccccc1)c1ccccc1. The molecule has 2 rings (SSSR count). The second-order valence-electron chi connectivity index (χ2n) is 4.46. The molecule has 0 amide bonds. The molecule has 0 aliphatic rings. The molecule has 0 fully saturated rings. The number of ether oxygens (including phenoxy) is 1. The fraction of sp³-hybridized carbons (Fsp3) is 0.0556. The average molecular weight is 264 g/mol. The van der Waals surface area contributed by atoms with Crippen molar-refractivity contribution in [1.82, 2.24) is 0 Å². The Bertz CT molecular complexity index is 625. The molecule has 100 valence electrons. The molecule has 0 spiro atoms. The normalized spacial score (nSPS) is 10.9. The van der Waals surface area contributed by atoms with E-state index in [2.05, 4.69) is 6.58 Å². The van der Waals surface area contributed by atoms with Crippen LogP contribution in [0.2, 0.25) is 0 Å². The van der Waals surface area contributed by atoms with Gasteiger partial charge in [0.1, 0.15) is 5.76 Å². The maximum absolute atomic E-state index is 11.8. The summed E-state index contributed by atoms with van der Waals surface area (Å²) in [4.78, 5) is 11.8. The number of carbonyl (C=O) groups excluding carboxylic acids is 1. The zero-order chi connectivity index (χ0) is 14.4. The van der Waals surface area contributed by atoms with E-state index in [0.717, 1.165) is 11.1 Å². The van der Waals surface area contributed by atoms with E-state index >= 15 is 0 Å². The fourth-order valence-electron chi connectivity index (χ4n) is 1.66. The third-order valence-electron chi connectivity index (χ3n) is 2.71. The number of hydrogen-bond acceptors (Lipinski definition) is 2. The Balaban J connectivity index is 2.37. The molecule has 0 aromatic heterocycles. The van der Waals surface area contributed by atoms with Crippen LogP contribution in [0.1, 0.15) is 18.1 Å². The van der Waals surface area contributed by atoms with Crippen molar-refractivity contribution in [2.75, 3.05) is 0 Å². The Morgan fingerprint density at radius 3 is 2.10 bits per heavy atom. The lowest BCUT2D eigenvalue weighted by Gasteiger charge is -2.09. The largest absolute Gasteiger partial charge is 0.423 e. The van der Waals surface area contributed by atoms with Crippen LogP contribution < -0.4 is 0 Å².